The third-order valence-electron chi connectivity index (χ3n) is 3.70. The first-order valence-electron chi connectivity index (χ1n) is 7.25. The van der Waals surface area contributed by atoms with Crippen molar-refractivity contribution in [1.82, 2.24) is 9.78 Å². The van der Waals surface area contributed by atoms with Gasteiger partial charge in [-0.3, -0.25) is 4.68 Å². The zero-order chi connectivity index (χ0) is 15.3. The highest BCUT2D eigenvalue weighted by atomic mass is 16.4. The molecular formula is C14H27N5O. The van der Waals surface area contributed by atoms with Crippen molar-refractivity contribution in [1.29, 1.82) is 0 Å². The molecule has 6 heteroatoms. The maximum Gasteiger partial charge on any atom is 0.175 e. The molecule has 1 atom stereocenters. The average molecular weight is 281 g/mol. The van der Waals surface area contributed by atoms with Crippen LogP contribution >= 0.6 is 0 Å². The number of aryl methyl sites for hydroxylation is 2. The summed E-state index contributed by atoms with van der Waals surface area (Å²) < 4.78 is 1.82. The van der Waals surface area contributed by atoms with Gasteiger partial charge < -0.3 is 15.8 Å². The van der Waals surface area contributed by atoms with Gasteiger partial charge in [0.25, 0.3) is 0 Å². The van der Waals surface area contributed by atoms with Gasteiger partial charge in [-0.2, -0.15) is 5.10 Å². The number of aromatic nitrogens is 2. The Morgan fingerprint density at radius 2 is 2.15 bits per heavy atom. The van der Waals surface area contributed by atoms with Crippen molar-refractivity contribution in [2.45, 2.75) is 53.0 Å². The van der Waals surface area contributed by atoms with Gasteiger partial charge in [-0.05, 0) is 26.7 Å². The lowest BCUT2D eigenvalue weighted by Gasteiger charge is -2.31. The van der Waals surface area contributed by atoms with Crippen LogP contribution in [0.15, 0.2) is 5.16 Å². The summed E-state index contributed by atoms with van der Waals surface area (Å²) in [6, 6.07) is 0.376. The molecule has 1 heterocycles. The van der Waals surface area contributed by atoms with Crippen LogP contribution in [-0.4, -0.2) is 33.4 Å². The number of oxime groups is 1. The first-order chi connectivity index (χ1) is 9.47. The third-order valence-corrected chi connectivity index (χ3v) is 3.70. The molecule has 0 saturated carbocycles. The Bertz CT molecular complexity index is 466. The van der Waals surface area contributed by atoms with E-state index in [0.29, 0.717) is 6.04 Å². The van der Waals surface area contributed by atoms with Gasteiger partial charge in [0.15, 0.2) is 5.84 Å². The van der Waals surface area contributed by atoms with E-state index in [-0.39, 0.29) is 5.84 Å². The van der Waals surface area contributed by atoms with E-state index in [1.165, 1.54) is 0 Å². The lowest BCUT2D eigenvalue weighted by Crippen LogP contribution is -2.36. The van der Waals surface area contributed by atoms with Gasteiger partial charge in [0.2, 0.25) is 0 Å². The quantitative estimate of drug-likeness (QED) is 0.347. The van der Waals surface area contributed by atoms with Crippen molar-refractivity contribution >= 4 is 11.7 Å². The number of amidine groups is 1. The minimum atomic E-state index is 0.121. The minimum absolute atomic E-state index is 0.121. The van der Waals surface area contributed by atoms with Gasteiger partial charge in [-0.1, -0.05) is 25.4 Å². The van der Waals surface area contributed by atoms with E-state index < -0.39 is 0 Å². The molecule has 0 amide bonds. The van der Waals surface area contributed by atoms with Crippen LogP contribution in [0, 0.1) is 6.92 Å². The first kappa shape index (κ1) is 16.3. The van der Waals surface area contributed by atoms with Crippen LogP contribution in [-0.2, 0) is 7.05 Å². The van der Waals surface area contributed by atoms with Crippen LogP contribution in [0.25, 0.3) is 0 Å². The molecule has 0 saturated heterocycles. The fourth-order valence-electron chi connectivity index (χ4n) is 2.41. The standard InChI is InChI=1S/C14H27N5O/c1-6-8-9-19(10(3)7-2)14-12(13(15)17-20)11(4)16-18(14)5/h10,20H,6-9H2,1-5H3,(H2,15,17). The summed E-state index contributed by atoms with van der Waals surface area (Å²) in [6.07, 6.45) is 3.26. The Hall–Kier alpha value is -1.72. The van der Waals surface area contributed by atoms with E-state index in [4.69, 9.17) is 10.9 Å². The second kappa shape index (κ2) is 7.17. The van der Waals surface area contributed by atoms with Crippen molar-refractivity contribution in [2.24, 2.45) is 17.9 Å². The highest BCUT2D eigenvalue weighted by Crippen LogP contribution is 2.26. The van der Waals surface area contributed by atoms with E-state index in [1.807, 2.05) is 18.7 Å². The number of unbranched alkanes of at least 4 members (excludes halogenated alkanes) is 1. The minimum Gasteiger partial charge on any atom is -0.409 e. The highest BCUT2D eigenvalue weighted by Gasteiger charge is 2.24. The van der Waals surface area contributed by atoms with Gasteiger partial charge >= 0.3 is 0 Å². The summed E-state index contributed by atoms with van der Waals surface area (Å²) in [5, 5.41) is 16.6. The number of nitrogens with two attached hydrogens (primary N) is 1. The molecule has 0 aliphatic rings. The predicted octanol–water partition coefficient (Wildman–Crippen LogP) is 2.23. The van der Waals surface area contributed by atoms with Crippen LogP contribution in [0.3, 0.4) is 0 Å². The van der Waals surface area contributed by atoms with Gasteiger partial charge in [-0.15, -0.1) is 0 Å². The Labute approximate surface area is 121 Å². The lowest BCUT2D eigenvalue weighted by atomic mass is 10.1. The number of nitrogens with zero attached hydrogens (tertiary/aromatic N) is 4. The van der Waals surface area contributed by atoms with Crippen molar-refractivity contribution < 1.29 is 5.21 Å². The molecule has 6 nitrogen and oxygen atoms in total. The molecule has 114 valence electrons. The van der Waals surface area contributed by atoms with Crippen LogP contribution in [0.5, 0.6) is 0 Å². The normalized spacial score (nSPS) is 13.6. The van der Waals surface area contributed by atoms with Crippen molar-refractivity contribution in [3.63, 3.8) is 0 Å². The van der Waals surface area contributed by atoms with E-state index >= 15 is 0 Å². The Morgan fingerprint density at radius 1 is 1.50 bits per heavy atom. The maximum atomic E-state index is 9.01. The second-order valence-electron chi connectivity index (χ2n) is 5.20. The van der Waals surface area contributed by atoms with Crippen LogP contribution in [0.2, 0.25) is 0 Å². The molecule has 3 N–H and O–H groups in total. The Balaban J connectivity index is 3.31. The van der Waals surface area contributed by atoms with Crippen molar-refractivity contribution in [3.8, 4) is 0 Å². The summed E-state index contributed by atoms with van der Waals surface area (Å²) in [4.78, 5) is 2.30. The van der Waals surface area contributed by atoms with E-state index in [1.54, 1.807) is 0 Å². The van der Waals surface area contributed by atoms with Gasteiger partial charge in [0.1, 0.15) is 5.82 Å². The molecule has 0 aliphatic heterocycles. The molecule has 0 radical (unpaired) electrons. The van der Waals surface area contributed by atoms with Gasteiger partial charge in [0, 0.05) is 19.6 Å². The molecule has 1 rings (SSSR count). The largest absolute Gasteiger partial charge is 0.409 e. The summed E-state index contributed by atoms with van der Waals surface area (Å²) in [5.74, 6) is 1.05. The van der Waals surface area contributed by atoms with Gasteiger partial charge in [-0.25, -0.2) is 0 Å². The molecule has 1 unspecified atom stereocenters. The smallest absolute Gasteiger partial charge is 0.175 e. The summed E-state index contributed by atoms with van der Waals surface area (Å²) in [5.41, 5.74) is 7.35. The highest BCUT2D eigenvalue weighted by molar-refractivity contribution is 6.02. The van der Waals surface area contributed by atoms with E-state index in [2.05, 4.69) is 35.9 Å². The zero-order valence-corrected chi connectivity index (χ0v) is 13.2. The number of rotatable bonds is 7. The van der Waals surface area contributed by atoms with E-state index in [0.717, 1.165) is 42.9 Å². The van der Waals surface area contributed by atoms with Crippen LogP contribution in [0.1, 0.15) is 51.3 Å². The molecule has 0 aromatic carbocycles. The predicted molar refractivity (Wildman–Crippen MR) is 82.5 cm³/mol. The fraction of sp³-hybridized carbons (Fsp3) is 0.714. The Kier molecular flexibility index (Phi) is 5.85. The molecule has 0 aliphatic carbocycles. The molecule has 1 aromatic heterocycles. The zero-order valence-electron chi connectivity index (χ0n) is 13.2. The molecule has 20 heavy (non-hydrogen) atoms. The molecule has 0 spiro atoms. The maximum absolute atomic E-state index is 9.01. The van der Waals surface area contributed by atoms with Gasteiger partial charge in [0.05, 0.1) is 11.3 Å². The van der Waals surface area contributed by atoms with E-state index in [9.17, 15) is 0 Å². The summed E-state index contributed by atoms with van der Waals surface area (Å²) in [7, 11) is 1.90. The first-order valence-corrected chi connectivity index (χ1v) is 7.25. The summed E-state index contributed by atoms with van der Waals surface area (Å²) in [6.45, 7) is 9.35. The van der Waals surface area contributed by atoms with Crippen molar-refractivity contribution in [3.05, 3.63) is 11.3 Å². The third kappa shape index (κ3) is 3.23. The van der Waals surface area contributed by atoms with Crippen LogP contribution < -0.4 is 10.6 Å². The fourth-order valence-corrected chi connectivity index (χ4v) is 2.41. The Morgan fingerprint density at radius 3 is 2.65 bits per heavy atom. The number of hydrogen-bond acceptors (Lipinski definition) is 4. The monoisotopic (exact) mass is 281 g/mol. The molecule has 0 bridgehead atoms. The average Bonchev–Trinajstić information content (AvgIpc) is 2.73. The molecule has 1 aromatic rings. The topological polar surface area (TPSA) is 79.7 Å². The SMILES string of the molecule is CCCCN(c1c(C(N)=NO)c(C)nn1C)C(C)CC. The number of hydrogen-bond donors (Lipinski definition) is 2. The molecular weight excluding hydrogens is 254 g/mol. The van der Waals surface area contributed by atoms with Crippen molar-refractivity contribution in [2.75, 3.05) is 11.4 Å². The summed E-state index contributed by atoms with van der Waals surface area (Å²) >= 11 is 0. The lowest BCUT2D eigenvalue weighted by molar-refractivity contribution is 0.318. The van der Waals surface area contributed by atoms with Crippen LogP contribution in [0.4, 0.5) is 5.82 Å². The second-order valence-corrected chi connectivity index (χ2v) is 5.20. The molecule has 0 fully saturated rings. The number of anilines is 1.